The van der Waals surface area contributed by atoms with Crippen molar-refractivity contribution in [3.05, 3.63) is 0 Å². The Balaban J connectivity index is 2.01. The van der Waals surface area contributed by atoms with Crippen LogP contribution in [0.5, 0.6) is 0 Å². The number of carbonyl (C=O) groups excluding carboxylic acids is 1. The molecule has 4 heteroatoms. The first-order valence-corrected chi connectivity index (χ1v) is 7.96. The molecule has 0 radical (unpaired) electrons. The molecular weight excluding hydrogens is 254 g/mol. The second-order valence-corrected chi connectivity index (χ2v) is 7.07. The highest BCUT2D eigenvalue weighted by molar-refractivity contribution is 5.76. The first kappa shape index (κ1) is 15.8. The molecule has 116 valence electrons. The van der Waals surface area contributed by atoms with Crippen LogP contribution in [0, 0.1) is 11.3 Å². The molecule has 0 spiro atoms. The standard InChI is InChI=1S/C16H29NO3/c1-16(2,15(19)20-3)11-17-10-6-8-13(17)12-7-4-5-9-14(12)18/h12-14,18H,4-11H2,1-3H3. The number of likely N-dealkylation sites (tertiary alicyclic amines) is 1. The second-order valence-electron chi connectivity index (χ2n) is 7.07. The molecule has 3 atom stereocenters. The monoisotopic (exact) mass is 283 g/mol. The first-order valence-electron chi connectivity index (χ1n) is 7.96. The number of rotatable bonds is 4. The normalized spacial score (nSPS) is 32.3. The zero-order valence-corrected chi connectivity index (χ0v) is 13.1. The van der Waals surface area contributed by atoms with Gasteiger partial charge >= 0.3 is 5.97 Å². The number of hydrogen-bond donors (Lipinski definition) is 1. The Morgan fingerprint density at radius 2 is 1.95 bits per heavy atom. The summed E-state index contributed by atoms with van der Waals surface area (Å²) in [5.74, 6) is 0.243. The van der Waals surface area contributed by atoms with Gasteiger partial charge in [0.25, 0.3) is 0 Å². The molecule has 2 aliphatic rings. The van der Waals surface area contributed by atoms with Crippen LogP contribution in [0.2, 0.25) is 0 Å². The summed E-state index contributed by atoms with van der Waals surface area (Å²) in [7, 11) is 1.45. The summed E-state index contributed by atoms with van der Waals surface area (Å²) < 4.78 is 4.91. The molecule has 0 aromatic heterocycles. The maximum atomic E-state index is 11.9. The van der Waals surface area contributed by atoms with Crippen molar-refractivity contribution in [2.75, 3.05) is 20.2 Å². The molecule has 20 heavy (non-hydrogen) atoms. The van der Waals surface area contributed by atoms with E-state index in [-0.39, 0.29) is 12.1 Å². The highest BCUT2D eigenvalue weighted by Gasteiger charge is 2.40. The van der Waals surface area contributed by atoms with E-state index in [1.807, 2.05) is 13.8 Å². The van der Waals surface area contributed by atoms with Gasteiger partial charge in [0.1, 0.15) is 0 Å². The van der Waals surface area contributed by atoms with E-state index in [9.17, 15) is 9.90 Å². The fraction of sp³-hybridized carbons (Fsp3) is 0.938. The van der Waals surface area contributed by atoms with Gasteiger partial charge in [0.2, 0.25) is 0 Å². The van der Waals surface area contributed by atoms with Crippen LogP contribution in [0.3, 0.4) is 0 Å². The van der Waals surface area contributed by atoms with E-state index in [0.29, 0.717) is 12.0 Å². The molecule has 1 saturated heterocycles. The second kappa shape index (κ2) is 6.44. The van der Waals surface area contributed by atoms with Gasteiger partial charge in [-0.1, -0.05) is 12.8 Å². The Hall–Kier alpha value is -0.610. The Labute approximate surface area is 122 Å². The smallest absolute Gasteiger partial charge is 0.312 e. The molecule has 2 fully saturated rings. The third-order valence-electron chi connectivity index (χ3n) is 5.03. The van der Waals surface area contributed by atoms with E-state index < -0.39 is 5.41 Å². The average Bonchev–Trinajstić information content (AvgIpc) is 2.85. The van der Waals surface area contributed by atoms with E-state index >= 15 is 0 Å². The lowest BCUT2D eigenvalue weighted by atomic mass is 9.80. The van der Waals surface area contributed by atoms with Crippen molar-refractivity contribution in [2.24, 2.45) is 11.3 Å². The van der Waals surface area contributed by atoms with E-state index in [1.54, 1.807) is 0 Å². The lowest BCUT2D eigenvalue weighted by Gasteiger charge is -2.39. The number of methoxy groups -OCH3 is 1. The Kier molecular flexibility index (Phi) is 5.08. The predicted molar refractivity (Wildman–Crippen MR) is 78.4 cm³/mol. The molecule has 1 aliphatic carbocycles. The molecule has 2 rings (SSSR count). The van der Waals surface area contributed by atoms with Crippen LogP contribution in [0.15, 0.2) is 0 Å². The molecule has 0 aromatic carbocycles. The van der Waals surface area contributed by atoms with Crippen molar-refractivity contribution in [2.45, 2.75) is 64.5 Å². The average molecular weight is 283 g/mol. The lowest BCUT2D eigenvalue weighted by Crippen LogP contribution is -2.47. The number of hydrogen-bond acceptors (Lipinski definition) is 4. The van der Waals surface area contributed by atoms with Gasteiger partial charge in [-0.05, 0) is 46.1 Å². The Morgan fingerprint density at radius 1 is 1.25 bits per heavy atom. The SMILES string of the molecule is COC(=O)C(C)(C)CN1CCCC1C1CCCCC1O. The van der Waals surface area contributed by atoms with Gasteiger partial charge in [0.15, 0.2) is 0 Å². The van der Waals surface area contributed by atoms with Crippen molar-refractivity contribution in [1.29, 1.82) is 0 Å². The summed E-state index contributed by atoms with van der Waals surface area (Å²) in [6.45, 7) is 5.67. The van der Waals surface area contributed by atoms with E-state index in [4.69, 9.17) is 4.74 Å². The maximum absolute atomic E-state index is 11.9. The lowest BCUT2D eigenvalue weighted by molar-refractivity contribution is -0.152. The van der Waals surface area contributed by atoms with Crippen molar-refractivity contribution in [3.8, 4) is 0 Å². The number of aliphatic hydroxyl groups is 1. The van der Waals surface area contributed by atoms with Crippen LogP contribution in [0.1, 0.15) is 52.4 Å². The molecule has 1 saturated carbocycles. The van der Waals surface area contributed by atoms with Gasteiger partial charge in [-0.2, -0.15) is 0 Å². The van der Waals surface area contributed by atoms with Crippen LogP contribution in [-0.4, -0.2) is 48.3 Å². The molecule has 1 N–H and O–H groups in total. The number of carbonyl (C=O) groups is 1. The summed E-state index contributed by atoms with van der Waals surface area (Å²) >= 11 is 0. The molecule has 1 heterocycles. The highest BCUT2D eigenvalue weighted by Crippen LogP contribution is 2.36. The zero-order chi connectivity index (χ0) is 14.8. The molecule has 0 aromatic rings. The van der Waals surface area contributed by atoms with Crippen molar-refractivity contribution in [3.63, 3.8) is 0 Å². The van der Waals surface area contributed by atoms with Gasteiger partial charge in [0, 0.05) is 18.5 Å². The summed E-state index contributed by atoms with van der Waals surface area (Å²) in [6, 6.07) is 0.439. The molecule has 1 aliphatic heterocycles. The highest BCUT2D eigenvalue weighted by atomic mass is 16.5. The van der Waals surface area contributed by atoms with Gasteiger partial charge in [-0.3, -0.25) is 9.69 Å². The third kappa shape index (κ3) is 3.34. The quantitative estimate of drug-likeness (QED) is 0.804. The maximum Gasteiger partial charge on any atom is 0.312 e. The minimum atomic E-state index is -0.475. The minimum Gasteiger partial charge on any atom is -0.469 e. The molecule has 3 unspecified atom stereocenters. The Bertz CT molecular complexity index is 343. The summed E-state index contributed by atoms with van der Waals surface area (Å²) in [5, 5.41) is 10.3. The largest absolute Gasteiger partial charge is 0.469 e. The van der Waals surface area contributed by atoms with E-state index in [2.05, 4.69) is 4.90 Å². The van der Waals surface area contributed by atoms with Crippen LogP contribution in [0.4, 0.5) is 0 Å². The summed E-state index contributed by atoms with van der Waals surface area (Å²) in [6.07, 6.45) is 6.61. The van der Waals surface area contributed by atoms with Gasteiger partial charge in [-0.25, -0.2) is 0 Å². The molecule has 0 bridgehead atoms. The van der Waals surface area contributed by atoms with Crippen molar-refractivity contribution >= 4 is 5.97 Å². The minimum absolute atomic E-state index is 0.146. The number of ether oxygens (including phenoxy) is 1. The first-order chi connectivity index (χ1) is 9.45. The molecular formula is C16H29NO3. The van der Waals surface area contributed by atoms with Crippen LogP contribution >= 0.6 is 0 Å². The van der Waals surface area contributed by atoms with E-state index in [1.165, 1.54) is 20.0 Å². The van der Waals surface area contributed by atoms with Crippen LogP contribution in [0.25, 0.3) is 0 Å². The van der Waals surface area contributed by atoms with Gasteiger partial charge in [0.05, 0.1) is 18.6 Å². The van der Waals surface area contributed by atoms with E-state index in [0.717, 1.165) is 38.8 Å². The number of aliphatic hydroxyl groups excluding tert-OH is 1. The van der Waals surface area contributed by atoms with Crippen LogP contribution in [-0.2, 0) is 9.53 Å². The van der Waals surface area contributed by atoms with Crippen LogP contribution < -0.4 is 0 Å². The molecule has 4 nitrogen and oxygen atoms in total. The molecule has 0 amide bonds. The van der Waals surface area contributed by atoms with Crippen molar-refractivity contribution in [1.82, 2.24) is 4.90 Å². The summed E-state index contributed by atoms with van der Waals surface area (Å²) in [4.78, 5) is 14.3. The van der Waals surface area contributed by atoms with Crippen molar-refractivity contribution < 1.29 is 14.6 Å². The summed E-state index contributed by atoms with van der Waals surface area (Å²) in [5.41, 5.74) is -0.475. The van der Waals surface area contributed by atoms with Gasteiger partial charge in [-0.15, -0.1) is 0 Å². The predicted octanol–water partition coefficient (Wildman–Crippen LogP) is 2.20. The fourth-order valence-electron chi connectivity index (χ4n) is 3.97. The number of nitrogens with zero attached hydrogens (tertiary/aromatic N) is 1. The number of esters is 1. The van der Waals surface area contributed by atoms with Gasteiger partial charge < -0.3 is 9.84 Å². The Morgan fingerprint density at radius 3 is 2.60 bits per heavy atom. The topological polar surface area (TPSA) is 49.8 Å². The third-order valence-corrected chi connectivity index (χ3v) is 5.03. The zero-order valence-electron chi connectivity index (χ0n) is 13.1. The fourth-order valence-corrected chi connectivity index (χ4v) is 3.97.